The molecule has 0 aliphatic heterocycles. The first-order valence-corrected chi connectivity index (χ1v) is 4.44. The Morgan fingerprint density at radius 2 is 1.45 bits per heavy atom. The predicted octanol–water partition coefficient (Wildman–Crippen LogP) is 3.39. The predicted molar refractivity (Wildman–Crippen MR) is 50.2 cm³/mol. The summed E-state index contributed by atoms with van der Waals surface area (Å²) in [4.78, 5) is 0. The van der Waals surface area contributed by atoms with Crippen LogP contribution < -0.4 is 0 Å². The van der Waals surface area contributed by atoms with E-state index in [0.29, 0.717) is 0 Å². The van der Waals surface area contributed by atoms with Crippen LogP contribution in [0.1, 0.15) is 27.2 Å². The molecule has 0 fully saturated rings. The summed E-state index contributed by atoms with van der Waals surface area (Å²) < 4.78 is 1.64. The van der Waals surface area contributed by atoms with Gasteiger partial charge in [0.1, 0.15) is 0 Å². The molecular formula is C8H13Cl2Zr. The number of halogens is 2. The molecule has 0 nitrogen and oxygen atoms in total. The van der Waals surface area contributed by atoms with Gasteiger partial charge in [-0.05, 0) is 0 Å². The fraction of sp³-hybridized carbons (Fsp3) is 0.500. The number of hydrogen-bond donors (Lipinski definition) is 0. The molecule has 0 saturated carbocycles. The second-order valence-electron chi connectivity index (χ2n) is 2.69. The van der Waals surface area contributed by atoms with Gasteiger partial charge >= 0.3 is 71.9 Å². The molecule has 63 valence electrons. The van der Waals surface area contributed by atoms with Gasteiger partial charge in [0.2, 0.25) is 0 Å². The van der Waals surface area contributed by atoms with Crippen molar-refractivity contribution in [1.82, 2.24) is 0 Å². The van der Waals surface area contributed by atoms with E-state index in [4.69, 9.17) is 0 Å². The van der Waals surface area contributed by atoms with Crippen molar-refractivity contribution in [2.75, 3.05) is 0 Å². The van der Waals surface area contributed by atoms with Gasteiger partial charge in [0, 0.05) is 0 Å². The summed E-state index contributed by atoms with van der Waals surface area (Å²) in [5.74, 6) is 0. The number of allylic oxidation sites excluding steroid dienone is 4. The molecule has 1 rings (SSSR count). The molecule has 0 heterocycles. The monoisotopic (exact) mass is 269 g/mol. The fourth-order valence-electron chi connectivity index (χ4n) is 1.08. The number of hydrogen-bond acceptors (Lipinski definition) is 0. The van der Waals surface area contributed by atoms with Gasteiger partial charge < -0.3 is 0 Å². The Morgan fingerprint density at radius 1 is 1.00 bits per heavy atom. The van der Waals surface area contributed by atoms with E-state index in [2.05, 4.69) is 20.8 Å². The summed E-state index contributed by atoms with van der Waals surface area (Å²) in [6.45, 7) is 6.69. The molecule has 1 aliphatic rings. The van der Waals surface area contributed by atoms with Crippen molar-refractivity contribution in [2.24, 2.45) is 0 Å². The van der Waals surface area contributed by atoms with Gasteiger partial charge in [-0.2, -0.15) is 0 Å². The van der Waals surface area contributed by atoms with E-state index in [9.17, 15) is 0 Å². The molecule has 0 atom stereocenters. The Kier molecular flexibility index (Phi) is 7.32. The summed E-state index contributed by atoms with van der Waals surface area (Å²) in [5.41, 5.74) is 4.65. The zero-order valence-electron chi connectivity index (χ0n) is 7.02. The molecule has 0 amide bonds. The topological polar surface area (TPSA) is 0 Å². The first-order chi connectivity index (χ1) is 4.13. The van der Waals surface area contributed by atoms with Crippen LogP contribution in [0.4, 0.5) is 0 Å². The van der Waals surface area contributed by atoms with Gasteiger partial charge in [0.15, 0.2) is 0 Å². The van der Waals surface area contributed by atoms with E-state index < -0.39 is 0 Å². The zero-order valence-corrected chi connectivity index (χ0v) is 11.1. The van der Waals surface area contributed by atoms with Crippen molar-refractivity contribution in [1.29, 1.82) is 0 Å². The summed E-state index contributed by atoms with van der Waals surface area (Å²) in [6, 6.07) is 0. The molecule has 0 N–H and O–H groups in total. The Morgan fingerprint density at radius 3 is 1.55 bits per heavy atom. The quantitative estimate of drug-likeness (QED) is 0.633. The molecule has 0 spiro atoms. The summed E-state index contributed by atoms with van der Waals surface area (Å²) in [6.07, 6.45) is 1.25. The van der Waals surface area contributed by atoms with Gasteiger partial charge in [0.05, 0.1) is 0 Å². The van der Waals surface area contributed by atoms with Gasteiger partial charge in [0.25, 0.3) is 0 Å². The molecule has 11 heavy (non-hydrogen) atoms. The zero-order chi connectivity index (χ0) is 7.02. The molecule has 0 bridgehead atoms. The second kappa shape index (κ2) is 5.57. The molecule has 0 unspecified atom stereocenters. The van der Waals surface area contributed by atoms with E-state index >= 15 is 0 Å². The van der Waals surface area contributed by atoms with E-state index in [1.807, 2.05) is 0 Å². The van der Waals surface area contributed by atoms with E-state index in [-0.39, 0.29) is 24.8 Å². The van der Waals surface area contributed by atoms with E-state index in [1.165, 1.54) is 12.0 Å². The van der Waals surface area contributed by atoms with Crippen molar-refractivity contribution in [3.63, 3.8) is 0 Å². The third-order valence-electron chi connectivity index (χ3n) is 2.10. The molecule has 0 aromatic rings. The minimum Gasteiger partial charge on any atom is -0.147 e. The Hall–Kier alpha value is 0.943. The van der Waals surface area contributed by atoms with Crippen LogP contribution in [-0.2, 0) is 24.7 Å². The van der Waals surface area contributed by atoms with Crippen molar-refractivity contribution < 1.29 is 24.7 Å². The average Bonchev–Trinajstić information content (AvgIpc) is 1.98. The van der Waals surface area contributed by atoms with E-state index in [1.54, 1.807) is 39.1 Å². The van der Waals surface area contributed by atoms with Gasteiger partial charge in [-0.3, -0.25) is 0 Å². The van der Waals surface area contributed by atoms with Gasteiger partial charge in [-0.25, -0.2) is 0 Å². The minimum absolute atomic E-state index is 0. The van der Waals surface area contributed by atoms with Crippen LogP contribution >= 0.6 is 24.8 Å². The summed E-state index contributed by atoms with van der Waals surface area (Å²) >= 11 is 1.59. The third kappa shape index (κ3) is 3.05. The second-order valence-corrected chi connectivity index (χ2v) is 4.17. The fourth-order valence-corrected chi connectivity index (χ4v) is 2.19. The van der Waals surface area contributed by atoms with Crippen LogP contribution in [0.5, 0.6) is 0 Å². The van der Waals surface area contributed by atoms with Crippen LogP contribution in [0.15, 0.2) is 20.0 Å². The van der Waals surface area contributed by atoms with Crippen molar-refractivity contribution in [3.05, 3.63) is 20.0 Å². The molecule has 0 radical (unpaired) electrons. The third-order valence-corrected chi connectivity index (χ3v) is 3.45. The summed E-state index contributed by atoms with van der Waals surface area (Å²) in [7, 11) is 0. The molecule has 1 aliphatic carbocycles. The first-order valence-electron chi connectivity index (χ1n) is 3.21. The van der Waals surface area contributed by atoms with Crippen molar-refractivity contribution in [2.45, 2.75) is 27.2 Å². The SMILES string of the molecule is CC1=C(C)C(C)=[C]([Zr])C1.Cl.Cl. The van der Waals surface area contributed by atoms with Crippen LogP contribution in [0.3, 0.4) is 0 Å². The Bertz CT molecular complexity index is 182. The Labute approximate surface area is 96.2 Å². The van der Waals surface area contributed by atoms with Crippen LogP contribution in [0.2, 0.25) is 0 Å². The number of rotatable bonds is 0. The largest absolute Gasteiger partial charge is 0.147 e. The minimum atomic E-state index is 0. The van der Waals surface area contributed by atoms with Crippen LogP contribution in [0, 0.1) is 0 Å². The standard InChI is InChI=1S/C8H11.2ClH.Zr/c1-6-4-5-7(2)8(6)3;;;/h4H2,1-3H3;2*1H;. The van der Waals surface area contributed by atoms with Gasteiger partial charge in [-0.15, -0.1) is 24.8 Å². The maximum absolute atomic E-state index is 2.23. The summed E-state index contributed by atoms with van der Waals surface area (Å²) in [5, 5.41) is 0. The molecule has 3 heteroatoms. The maximum Gasteiger partial charge on any atom is -0.147 e. The molecular weight excluding hydrogens is 258 g/mol. The average molecular weight is 271 g/mol. The molecule has 0 aromatic heterocycles. The molecule has 0 saturated heterocycles. The van der Waals surface area contributed by atoms with E-state index in [0.717, 1.165) is 0 Å². The van der Waals surface area contributed by atoms with Crippen molar-refractivity contribution in [3.8, 4) is 0 Å². The van der Waals surface area contributed by atoms with Crippen LogP contribution in [0.25, 0.3) is 0 Å². The Balaban J connectivity index is 0. The first kappa shape index (κ1) is 14.5. The van der Waals surface area contributed by atoms with Crippen LogP contribution in [-0.4, -0.2) is 0 Å². The molecule has 0 aromatic carbocycles. The normalized spacial score (nSPS) is 16.2. The van der Waals surface area contributed by atoms with Crippen molar-refractivity contribution >= 4 is 24.8 Å². The smallest absolute Gasteiger partial charge is 0.147 e. The maximum atomic E-state index is 2.23. The van der Waals surface area contributed by atoms with Gasteiger partial charge in [-0.1, -0.05) is 0 Å².